The van der Waals surface area contributed by atoms with Gasteiger partial charge in [-0.05, 0) is 79.3 Å². The lowest BCUT2D eigenvalue weighted by Crippen LogP contribution is -3.00. The van der Waals surface area contributed by atoms with Crippen molar-refractivity contribution in [1.82, 2.24) is 19.8 Å². The summed E-state index contributed by atoms with van der Waals surface area (Å²) in [5.41, 5.74) is 4.06. The third-order valence-corrected chi connectivity index (χ3v) is 8.17. The Labute approximate surface area is 275 Å². The molecule has 0 bridgehead atoms. The molecule has 3 amide bonds. The molecule has 0 radical (unpaired) electrons. The highest BCUT2D eigenvalue weighted by Crippen LogP contribution is 2.25. The highest BCUT2D eigenvalue weighted by molar-refractivity contribution is 7.89. The summed E-state index contributed by atoms with van der Waals surface area (Å²) >= 11 is 0. The zero-order valence-corrected chi connectivity index (χ0v) is 27.3. The van der Waals surface area contributed by atoms with Gasteiger partial charge in [-0.25, -0.2) is 18.2 Å². The second kappa shape index (κ2) is 15.0. The van der Waals surface area contributed by atoms with E-state index in [-0.39, 0.29) is 24.1 Å². The van der Waals surface area contributed by atoms with E-state index in [0.717, 1.165) is 24.5 Å². The van der Waals surface area contributed by atoms with E-state index in [4.69, 9.17) is 0 Å². The number of hydrogen-bond donors (Lipinski definition) is 3. The molecule has 1 fully saturated rings. The number of hydrogen-bond acceptors (Lipinski definition) is 9. The van der Waals surface area contributed by atoms with Crippen LogP contribution < -0.4 is 33.3 Å². The summed E-state index contributed by atoms with van der Waals surface area (Å²) in [5, 5.41) is 8.77. The van der Waals surface area contributed by atoms with Crippen LogP contribution in [-0.2, 0) is 15.6 Å². The summed E-state index contributed by atoms with van der Waals surface area (Å²) in [4.78, 5) is 40.2. The molecule has 12 nitrogen and oxygen atoms in total. The number of carbonyl (C=O) groups is 2. The number of anilines is 6. The molecule has 1 aromatic heterocycles. The molecular weight excluding hydrogens is 628 g/mol. The molecule has 242 valence electrons. The minimum Gasteiger partial charge on any atom is -1.00 e. The number of aromatic nitrogens is 2. The van der Waals surface area contributed by atoms with Crippen molar-refractivity contribution in [2.24, 2.45) is 0 Å². The maximum Gasteiger partial charge on any atom is 0.323 e. The van der Waals surface area contributed by atoms with Crippen LogP contribution in [0.4, 0.5) is 39.3 Å². The minimum absolute atomic E-state index is 0. The molecule has 1 aliphatic heterocycles. The normalized spacial score (nSPS) is 13.3. The molecule has 0 atom stereocenters. The van der Waals surface area contributed by atoms with Crippen LogP contribution in [0, 0.1) is 0 Å². The molecule has 5 rings (SSSR count). The van der Waals surface area contributed by atoms with E-state index in [2.05, 4.69) is 30.8 Å². The molecule has 3 N–H and O–H groups in total. The Morgan fingerprint density at radius 1 is 0.826 bits per heavy atom. The van der Waals surface area contributed by atoms with Crippen LogP contribution in [0.1, 0.15) is 15.9 Å². The Hall–Kier alpha value is -4.72. The molecule has 0 unspecified atom stereocenters. The number of nitrogens with one attached hydrogen (secondary N) is 3. The molecule has 0 saturated carbocycles. The Bertz CT molecular complexity index is 1750. The number of benzene rings is 3. The van der Waals surface area contributed by atoms with Crippen molar-refractivity contribution in [3.63, 3.8) is 0 Å². The van der Waals surface area contributed by atoms with E-state index in [9.17, 15) is 18.0 Å². The van der Waals surface area contributed by atoms with E-state index in [1.165, 1.54) is 6.26 Å². The minimum atomic E-state index is -3.11. The van der Waals surface area contributed by atoms with Crippen LogP contribution in [0.25, 0.3) is 0 Å². The van der Waals surface area contributed by atoms with Gasteiger partial charge in [0, 0.05) is 74.0 Å². The molecule has 1 aliphatic rings. The van der Waals surface area contributed by atoms with Crippen molar-refractivity contribution >= 4 is 56.3 Å². The number of nitrogens with zero attached hydrogens (tertiary/aromatic N) is 5. The van der Waals surface area contributed by atoms with Gasteiger partial charge >= 0.3 is 6.03 Å². The van der Waals surface area contributed by atoms with E-state index >= 15 is 0 Å². The van der Waals surface area contributed by atoms with Crippen LogP contribution in [0.3, 0.4) is 0 Å². The molecular formula is C32H36ClN8O4S-. The quantitative estimate of drug-likeness (QED) is 0.244. The van der Waals surface area contributed by atoms with Gasteiger partial charge in [0.2, 0.25) is 5.95 Å². The first-order valence-corrected chi connectivity index (χ1v) is 16.4. The van der Waals surface area contributed by atoms with Gasteiger partial charge in [0.05, 0.1) is 5.75 Å². The smallest absolute Gasteiger partial charge is 0.323 e. The molecule has 46 heavy (non-hydrogen) atoms. The van der Waals surface area contributed by atoms with Crippen molar-refractivity contribution in [3.05, 3.63) is 96.2 Å². The number of amides is 3. The Balaban J connectivity index is 0.00000480. The van der Waals surface area contributed by atoms with E-state index < -0.39 is 15.9 Å². The number of piperazine rings is 1. The van der Waals surface area contributed by atoms with Gasteiger partial charge in [-0.15, -0.1) is 0 Å². The van der Waals surface area contributed by atoms with Crippen LogP contribution in [-0.4, -0.2) is 86.7 Å². The van der Waals surface area contributed by atoms with Crippen LogP contribution in [0.2, 0.25) is 0 Å². The van der Waals surface area contributed by atoms with Crippen molar-refractivity contribution in [2.45, 2.75) is 5.75 Å². The summed E-state index contributed by atoms with van der Waals surface area (Å²) in [7, 11) is 0.815. The zero-order chi connectivity index (χ0) is 32.0. The molecule has 2 heterocycles. The first-order valence-electron chi connectivity index (χ1n) is 14.4. The van der Waals surface area contributed by atoms with Gasteiger partial charge in [-0.1, -0.05) is 12.1 Å². The van der Waals surface area contributed by atoms with Crippen molar-refractivity contribution in [1.29, 1.82) is 0 Å². The van der Waals surface area contributed by atoms with Gasteiger partial charge in [0.1, 0.15) is 5.82 Å². The molecule has 14 heteroatoms. The number of carbonyl (C=O) groups excluding carboxylic acids is 2. The fourth-order valence-corrected chi connectivity index (χ4v) is 5.59. The summed E-state index contributed by atoms with van der Waals surface area (Å²) in [6.07, 6.45) is 2.85. The molecule has 0 spiro atoms. The molecule has 3 aromatic carbocycles. The first-order chi connectivity index (χ1) is 21.5. The van der Waals surface area contributed by atoms with E-state index in [0.29, 0.717) is 47.4 Å². The second-order valence-corrected chi connectivity index (χ2v) is 13.1. The predicted octanol–water partition coefficient (Wildman–Crippen LogP) is 1.57. The standard InChI is InChI=1S/C32H36N8O4S.ClH/c1-38-18-20-40(21-19-38)30(41)24-6-10-26(11-7-24)35-32(42)36-27-12-14-28(15-13-27)39(2)29-16-17-33-31(37-29)34-25-8-4-23(5-9-25)22-45(3,43)44;/h4-17H,18-22H2,1-3H3,(H,33,34,37)(H2,35,36,42);1H/p-1. The molecule has 0 aliphatic carbocycles. The number of sulfone groups is 1. The number of rotatable bonds is 9. The van der Waals surface area contributed by atoms with Crippen molar-refractivity contribution in [3.8, 4) is 0 Å². The number of urea groups is 1. The molecule has 4 aromatic rings. The van der Waals surface area contributed by atoms with Gasteiger partial charge in [-0.3, -0.25) is 4.79 Å². The topological polar surface area (TPSA) is 140 Å². The van der Waals surface area contributed by atoms with Gasteiger partial charge in [0.15, 0.2) is 9.84 Å². The lowest BCUT2D eigenvalue weighted by Gasteiger charge is -2.32. The number of halogens is 1. The maximum atomic E-state index is 12.8. The lowest BCUT2D eigenvalue weighted by atomic mass is 10.1. The summed E-state index contributed by atoms with van der Waals surface area (Å²) in [6, 6.07) is 22.7. The summed E-state index contributed by atoms with van der Waals surface area (Å²) < 4.78 is 23.1. The third kappa shape index (κ3) is 9.39. The van der Waals surface area contributed by atoms with Gasteiger partial charge in [0.25, 0.3) is 5.91 Å². The average molecular weight is 664 g/mol. The third-order valence-electron chi connectivity index (χ3n) is 7.32. The first kappa shape index (κ1) is 34.2. The maximum absolute atomic E-state index is 12.8. The Kier molecular flexibility index (Phi) is 11.2. The number of likely N-dealkylation sites (N-methyl/N-ethyl adjacent to an activating group) is 1. The van der Waals surface area contributed by atoms with E-state index in [1.807, 2.05) is 36.0 Å². The summed E-state index contributed by atoms with van der Waals surface area (Å²) in [5.74, 6) is 1.02. The van der Waals surface area contributed by atoms with Crippen LogP contribution in [0.15, 0.2) is 85.1 Å². The highest BCUT2D eigenvalue weighted by Gasteiger charge is 2.20. The lowest BCUT2D eigenvalue weighted by molar-refractivity contribution is -0.0000251. The van der Waals surface area contributed by atoms with Gasteiger partial charge < -0.3 is 43.1 Å². The van der Waals surface area contributed by atoms with Crippen LogP contribution in [0.5, 0.6) is 0 Å². The summed E-state index contributed by atoms with van der Waals surface area (Å²) in [6.45, 7) is 3.12. The van der Waals surface area contributed by atoms with Gasteiger partial charge in [-0.2, -0.15) is 4.98 Å². The van der Waals surface area contributed by atoms with E-state index in [1.54, 1.807) is 72.9 Å². The monoisotopic (exact) mass is 663 g/mol. The second-order valence-electron chi connectivity index (χ2n) is 11.0. The van der Waals surface area contributed by atoms with Crippen LogP contribution >= 0.6 is 0 Å². The van der Waals surface area contributed by atoms with Crippen molar-refractivity contribution in [2.75, 3.05) is 67.4 Å². The largest absolute Gasteiger partial charge is 1.00 e. The fraction of sp³-hybridized carbons (Fsp3) is 0.250. The molecule has 1 saturated heterocycles. The Morgan fingerprint density at radius 3 is 1.98 bits per heavy atom. The average Bonchev–Trinajstić information content (AvgIpc) is 3.02. The predicted molar refractivity (Wildman–Crippen MR) is 177 cm³/mol. The highest BCUT2D eigenvalue weighted by atomic mass is 35.5. The SMILES string of the molecule is CN1CCN(C(=O)c2ccc(NC(=O)Nc3ccc(N(C)c4ccnc(Nc5ccc(CS(C)(=O)=O)cc5)n4)cc3)cc2)CC1.[Cl-]. The Morgan fingerprint density at radius 2 is 1.39 bits per heavy atom. The fourth-order valence-electron chi connectivity index (χ4n) is 4.79. The zero-order valence-electron chi connectivity index (χ0n) is 25.8. The van der Waals surface area contributed by atoms with Crippen molar-refractivity contribution < 1.29 is 30.4 Å².